The van der Waals surface area contributed by atoms with E-state index in [0.29, 0.717) is 52.0 Å². The average Bonchev–Trinajstić information content (AvgIpc) is 3.91. The molecule has 14 heteroatoms. The standard InChI is InChI=1S/C19H19FN4O.C14H12N4O.C5H7F.Cu.HI/c20-9-3-4-14-13-24(23-22-14)10-11-25-15-7-8-17-16-5-1-2-6-18(16)21-19(17)12-15;15-18-16-7-8-19-10-5-6-12-11-3-1-2-4-13(11)17-14(12)9-10;1-2-3-4-5-6;;/h1-2,5-8,12-13,21H,3-4,9-11H2;1-6,9,17H,7-8H2;1H,3-5H2;;1H/q;;;+1;/p-1. The van der Waals surface area contributed by atoms with E-state index < -0.39 is 0 Å². The molecule has 0 aliphatic carbocycles. The van der Waals surface area contributed by atoms with Gasteiger partial charge in [0, 0.05) is 62.2 Å². The number of azide groups is 1. The largest absolute Gasteiger partial charge is 0.493 e. The molecule has 0 radical (unpaired) electrons. The molecule has 10 nitrogen and oxygen atoms in total. The molecule has 0 saturated heterocycles. The topological polar surface area (TPSA) is 130 Å². The van der Waals surface area contributed by atoms with Crippen molar-refractivity contribution in [2.45, 2.75) is 32.2 Å². The number of hydrogen-bond donors (Lipinski definition) is 2. The zero-order chi connectivity index (χ0) is 37.0. The van der Waals surface area contributed by atoms with Gasteiger partial charge in [-0.15, -0.1) is 17.4 Å². The van der Waals surface area contributed by atoms with E-state index in [9.17, 15) is 8.78 Å². The number of nitrogens with one attached hydrogen (secondary N) is 2. The van der Waals surface area contributed by atoms with Crippen molar-refractivity contribution in [1.82, 2.24) is 25.0 Å². The number of rotatable bonds is 13. The fourth-order valence-corrected chi connectivity index (χ4v) is 5.33. The van der Waals surface area contributed by atoms with E-state index in [1.807, 2.05) is 60.8 Å². The van der Waals surface area contributed by atoms with Gasteiger partial charge in [-0.3, -0.25) is 8.78 Å². The summed E-state index contributed by atoms with van der Waals surface area (Å²) in [6.45, 7) is 1.21. The van der Waals surface area contributed by atoms with Crippen LogP contribution in [-0.4, -0.2) is 58.1 Å². The zero-order valence-corrected chi connectivity index (χ0v) is 31.3. The molecule has 0 fully saturated rings. The number of halogens is 3. The molecule has 0 unspecified atom stereocenters. The third kappa shape index (κ3) is 11.6. The summed E-state index contributed by atoms with van der Waals surface area (Å²) < 4.78 is 36.4. The van der Waals surface area contributed by atoms with Crippen LogP contribution in [0.25, 0.3) is 54.1 Å². The van der Waals surface area contributed by atoms with Crippen molar-refractivity contribution in [2.24, 2.45) is 5.11 Å². The van der Waals surface area contributed by atoms with Crippen molar-refractivity contribution < 1.29 is 31.0 Å². The maximum atomic E-state index is 12.2. The van der Waals surface area contributed by atoms with Gasteiger partial charge in [0.05, 0.1) is 49.8 Å². The molecule has 274 valence electrons. The van der Waals surface area contributed by atoms with Crippen molar-refractivity contribution in [3.8, 4) is 23.8 Å². The molecule has 3 aromatic heterocycles. The number of aromatic nitrogens is 5. The maximum Gasteiger partial charge on any atom is 0.121 e. The number of para-hydroxylation sites is 2. The maximum absolute atomic E-state index is 12.2. The first-order valence-electron chi connectivity index (χ1n) is 16.5. The minimum absolute atomic E-state index is 0.288. The number of unbranched alkanes of at least 4 members (excludes halogenated alkanes) is 1. The summed E-state index contributed by atoms with van der Waals surface area (Å²) in [5.74, 6) is 3.92. The van der Waals surface area contributed by atoms with Crippen molar-refractivity contribution >= 4 is 64.0 Å². The van der Waals surface area contributed by atoms with Gasteiger partial charge in [-0.25, -0.2) is 4.68 Å². The zero-order valence-electron chi connectivity index (χ0n) is 28.2. The first kappa shape index (κ1) is 40.0. The molecule has 0 aliphatic heterocycles. The summed E-state index contributed by atoms with van der Waals surface area (Å²) in [4.78, 5) is 9.45. The summed E-state index contributed by atoms with van der Waals surface area (Å²) in [5, 5.41) is 16.3. The number of ether oxygens (including phenoxy) is 2. The van der Waals surface area contributed by atoms with Crippen LogP contribution in [0.5, 0.6) is 11.5 Å². The Labute approximate surface area is 319 Å². The Morgan fingerprint density at radius 1 is 0.808 bits per heavy atom. The Morgan fingerprint density at radius 2 is 1.37 bits per heavy atom. The summed E-state index contributed by atoms with van der Waals surface area (Å²) in [6.07, 6.45) is 8.83. The van der Waals surface area contributed by atoms with E-state index in [-0.39, 0.29) is 13.3 Å². The Bertz CT molecular complexity index is 2230. The van der Waals surface area contributed by atoms with Gasteiger partial charge in [-0.1, -0.05) is 46.7 Å². The second-order valence-electron chi connectivity index (χ2n) is 11.2. The van der Waals surface area contributed by atoms with Crippen LogP contribution in [0.2, 0.25) is 0 Å². The number of H-pyrrole nitrogens is 2. The number of aromatic amines is 2. The van der Waals surface area contributed by atoms with Crippen LogP contribution >= 0.6 is 20.3 Å². The van der Waals surface area contributed by atoms with E-state index in [2.05, 4.69) is 79.3 Å². The molecule has 4 aromatic carbocycles. The Morgan fingerprint density at radius 3 is 1.90 bits per heavy atom. The number of terminal acetylenes is 1. The predicted molar refractivity (Wildman–Crippen MR) is 209 cm³/mol. The smallest absolute Gasteiger partial charge is 0.121 e. The van der Waals surface area contributed by atoms with Crippen LogP contribution in [0.1, 0.15) is 25.0 Å². The van der Waals surface area contributed by atoms with E-state index in [0.717, 1.165) is 39.3 Å². The van der Waals surface area contributed by atoms with Crippen LogP contribution < -0.4 is 9.47 Å². The summed E-state index contributed by atoms with van der Waals surface area (Å²) in [5.41, 5.74) is 13.3. The average molecular weight is 867 g/mol. The minimum Gasteiger partial charge on any atom is -0.493 e. The molecule has 52 heavy (non-hydrogen) atoms. The first-order chi connectivity index (χ1) is 25.6. The minimum atomic E-state index is -0.327. The molecular formula is C38H38CuF2IN8O2. The Kier molecular flexibility index (Phi) is 17.1. The van der Waals surface area contributed by atoms with E-state index in [1.54, 1.807) is 25.0 Å². The van der Waals surface area contributed by atoms with Crippen molar-refractivity contribution in [3.05, 3.63) is 107 Å². The van der Waals surface area contributed by atoms with Gasteiger partial charge < -0.3 is 19.4 Å². The van der Waals surface area contributed by atoms with Crippen LogP contribution in [-0.2, 0) is 25.7 Å². The molecule has 7 rings (SSSR count). The van der Waals surface area contributed by atoms with Crippen LogP contribution in [0.4, 0.5) is 8.78 Å². The number of aryl methyl sites for hydroxylation is 1. The van der Waals surface area contributed by atoms with Crippen LogP contribution in [0.15, 0.2) is 96.2 Å². The van der Waals surface area contributed by atoms with Gasteiger partial charge in [-0.2, -0.15) is 0 Å². The molecule has 0 amide bonds. The number of nitrogens with zero attached hydrogens (tertiary/aromatic N) is 6. The van der Waals surface area contributed by atoms with Crippen LogP contribution in [0.3, 0.4) is 0 Å². The van der Waals surface area contributed by atoms with E-state index >= 15 is 0 Å². The number of hydrogen-bond acceptors (Lipinski definition) is 5. The van der Waals surface area contributed by atoms with E-state index in [4.69, 9.17) is 21.4 Å². The predicted octanol–water partition coefficient (Wildman–Crippen LogP) is 10.2. The van der Waals surface area contributed by atoms with Crippen molar-refractivity contribution in [3.63, 3.8) is 0 Å². The van der Waals surface area contributed by atoms with Crippen LogP contribution in [0, 0.1) is 12.3 Å². The molecule has 0 aliphatic rings. The van der Waals surface area contributed by atoms with Gasteiger partial charge in [-0.05, 0) is 61.2 Å². The first-order valence-corrected chi connectivity index (χ1v) is 19.5. The normalized spacial score (nSPS) is 10.3. The fraction of sp³-hybridized carbons (Fsp3) is 0.263. The third-order valence-electron chi connectivity index (χ3n) is 7.67. The van der Waals surface area contributed by atoms with Gasteiger partial charge in [0.15, 0.2) is 0 Å². The third-order valence-corrected chi connectivity index (χ3v) is 7.67. The molecular weight excluding hydrogens is 829 g/mol. The Balaban J connectivity index is 0.000000198. The molecule has 2 N–H and O–H groups in total. The summed E-state index contributed by atoms with van der Waals surface area (Å²) >= 11 is 5.87. The van der Waals surface area contributed by atoms with Crippen molar-refractivity contribution in [1.29, 1.82) is 0 Å². The van der Waals surface area contributed by atoms with Gasteiger partial charge in [0.2, 0.25) is 0 Å². The van der Waals surface area contributed by atoms with Crippen molar-refractivity contribution in [2.75, 3.05) is 33.1 Å². The summed E-state index contributed by atoms with van der Waals surface area (Å²) in [6, 6.07) is 28.4. The molecule has 0 atom stereocenters. The molecule has 0 saturated carbocycles. The van der Waals surface area contributed by atoms with Gasteiger partial charge >= 0.3 is 33.1 Å². The molecule has 7 aromatic rings. The van der Waals surface area contributed by atoms with Gasteiger partial charge in [0.25, 0.3) is 0 Å². The number of fused-ring (bicyclic) bond motifs is 6. The monoisotopic (exact) mass is 866 g/mol. The molecule has 0 bridgehead atoms. The molecule has 0 spiro atoms. The van der Waals surface area contributed by atoms with E-state index in [1.165, 1.54) is 21.5 Å². The molecule has 3 heterocycles. The quantitative estimate of drug-likeness (QED) is 0.0227. The number of alkyl halides is 2. The second-order valence-corrected chi connectivity index (χ2v) is 11.2. The Hall–Kier alpha value is -4.80. The number of benzene rings is 4. The van der Waals surface area contributed by atoms with Gasteiger partial charge in [0.1, 0.15) is 18.1 Å². The fourth-order valence-electron chi connectivity index (χ4n) is 5.33. The SMILES string of the molecule is C#CCCCF.FCCCc1cn(CCOc2ccc3c(c2)[nH]c2ccccc23)nn1.[Cu][I].[N-]=[N+]=NCCOc1ccc2c(c1)[nH]c1ccccc12. The second kappa shape index (κ2) is 22.2. The summed E-state index contributed by atoms with van der Waals surface area (Å²) in [7, 11) is 0.